The molecule has 0 spiro atoms. The first-order valence-corrected chi connectivity index (χ1v) is 6.64. The van der Waals surface area contributed by atoms with Crippen molar-refractivity contribution in [2.24, 2.45) is 0 Å². The van der Waals surface area contributed by atoms with Gasteiger partial charge in [0.1, 0.15) is 11.5 Å². The molecule has 0 atom stereocenters. The summed E-state index contributed by atoms with van der Waals surface area (Å²) in [6.45, 7) is 0. The minimum atomic E-state index is -1.16. The van der Waals surface area contributed by atoms with Crippen molar-refractivity contribution < 1.29 is 37.2 Å². The van der Waals surface area contributed by atoms with Gasteiger partial charge >= 0.3 is 0 Å². The zero-order valence-electron chi connectivity index (χ0n) is 11.8. The molecule has 126 valence electrons. The molecule has 0 aliphatic carbocycles. The van der Waals surface area contributed by atoms with Crippen molar-refractivity contribution in [3.63, 3.8) is 0 Å². The van der Waals surface area contributed by atoms with Gasteiger partial charge in [0.2, 0.25) is 11.6 Å². The Morgan fingerprint density at radius 2 is 1.35 bits per heavy atom. The highest BCUT2D eigenvalue weighted by molar-refractivity contribution is 9.10. The molecule has 2 rings (SSSR count). The molecule has 0 fully saturated rings. The molecule has 0 radical (unpaired) electrons. The Hall–Kier alpha value is -2.16. The van der Waals surface area contributed by atoms with E-state index >= 15 is 0 Å². The summed E-state index contributed by atoms with van der Waals surface area (Å²) in [6, 6.07) is 2.67. The highest BCUT2D eigenvalue weighted by atomic mass is 79.9. The third-order valence-electron chi connectivity index (χ3n) is 2.51. The predicted molar refractivity (Wildman–Crippen MR) is 76.8 cm³/mol. The van der Waals surface area contributed by atoms with Crippen molar-refractivity contribution in [2.75, 3.05) is 14.2 Å². The third kappa shape index (κ3) is 4.41. The smallest absolute Gasteiger partial charge is 0.202 e. The summed E-state index contributed by atoms with van der Waals surface area (Å²) in [5.74, 6) is -5.89. The number of rotatable bonds is 2. The third-order valence-corrected chi connectivity index (χ3v) is 3.27. The summed E-state index contributed by atoms with van der Waals surface area (Å²) in [4.78, 5) is 0. The molecule has 23 heavy (non-hydrogen) atoms. The molecule has 0 saturated carbocycles. The number of benzene rings is 2. The van der Waals surface area contributed by atoms with E-state index in [-0.39, 0.29) is 21.7 Å². The molecule has 0 heterocycles. The van der Waals surface area contributed by atoms with Crippen molar-refractivity contribution in [1.82, 2.24) is 0 Å². The monoisotopic (exact) mass is 398 g/mol. The van der Waals surface area contributed by atoms with Gasteiger partial charge in [0.15, 0.2) is 23.1 Å². The van der Waals surface area contributed by atoms with Gasteiger partial charge in [-0.25, -0.2) is 8.78 Å². The average molecular weight is 399 g/mol. The van der Waals surface area contributed by atoms with Crippen LogP contribution in [-0.4, -0.2) is 24.4 Å². The van der Waals surface area contributed by atoms with Crippen LogP contribution in [0.15, 0.2) is 22.7 Å². The lowest BCUT2D eigenvalue weighted by molar-refractivity contribution is 0.362. The van der Waals surface area contributed by atoms with E-state index in [2.05, 4.69) is 25.4 Å². The molecule has 2 N–H and O–H groups in total. The van der Waals surface area contributed by atoms with E-state index < -0.39 is 29.0 Å². The highest BCUT2D eigenvalue weighted by Gasteiger charge is 2.16. The minimum absolute atomic E-state index is 0.303. The lowest BCUT2D eigenvalue weighted by Crippen LogP contribution is -1.93. The van der Waals surface area contributed by atoms with E-state index in [1.807, 2.05) is 0 Å². The fraction of sp³-hybridized carbons (Fsp3) is 0.143. The minimum Gasteiger partial charge on any atom is -0.508 e. The Morgan fingerprint density at radius 1 is 0.826 bits per heavy atom. The first kappa shape index (κ1) is 18.9. The molecular formula is C14H11BrF4O4. The molecule has 0 saturated heterocycles. The first-order chi connectivity index (χ1) is 10.7. The SMILES string of the molecule is COc1cc(O)c(Br)c(F)c1F.COc1cc(O)cc(F)c1F. The second kappa shape index (κ2) is 7.91. The summed E-state index contributed by atoms with van der Waals surface area (Å²) in [6.07, 6.45) is 0. The number of phenols is 2. The van der Waals surface area contributed by atoms with Crippen LogP contribution in [0.5, 0.6) is 23.0 Å². The first-order valence-electron chi connectivity index (χ1n) is 5.85. The largest absolute Gasteiger partial charge is 0.508 e. The average Bonchev–Trinajstić information content (AvgIpc) is 2.52. The molecule has 2 aromatic carbocycles. The van der Waals surface area contributed by atoms with Crippen molar-refractivity contribution in [3.8, 4) is 23.0 Å². The molecule has 2 aromatic rings. The van der Waals surface area contributed by atoms with E-state index in [1.54, 1.807) is 0 Å². The zero-order valence-corrected chi connectivity index (χ0v) is 13.4. The summed E-state index contributed by atoms with van der Waals surface area (Å²) in [7, 11) is 2.38. The molecule has 4 nitrogen and oxygen atoms in total. The fourth-order valence-corrected chi connectivity index (χ4v) is 1.70. The number of aromatic hydroxyl groups is 2. The van der Waals surface area contributed by atoms with Gasteiger partial charge in [0.25, 0.3) is 0 Å². The van der Waals surface area contributed by atoms with Gasteiger partial charge in [-0.3, -0.25) is 0 Å². The van der Waals surface area contributed by atoms with Gasteiger partial charge < -0.3 is 19.7 Å². The fourth-order valence-electron chi connectivity index (χ4n) is 1.42. The van der Waals surface area contributed by atoms with Crippen LogP contribution in [0.3, 0.4) is 0 Å². The zero-order chi connectivity index (χ0) is 17.7. The molecule has 0 unspecified atom stereocenters. The van der Waals surface area contributed by atoms with Gasteiger partial charge in [-0.2, -0.15) is 8.78 Å². The standard InChI is InChI=1S/C7H5BrF2O2.C7H6F2O2/c1-12-4-2-3(11)5(8)7(10)6(4)9;1-11-6-3-4(10)2-5(8)7(6)9/h2,11H,1H3;2-3,10H,1H3. The van der Waals surface area contributed by atoms with Crippen LogP contribution in [-0.2, 0) is 0 Å². The Labute approximate surface area is 137 Å². The predicted octanol–water partition coefficient (Wildman–Crippen LogP) is 4.12. The number of hydrogen-bond acceptors (Lipinski definition) is 4. The van der Waals surface area contributed by atoms with E-state index in [0.29, 0.717) is 6.07 Å². The van der Waals surface area contributed by atoms with Crippen LogP contribution in [0, 0.1) is 23.3 Å². The Morgan fingerprint density at radius 3 is 1.87 bits per heavy atom. The van der Waals surface area contributed by atoms with Crippen LogP contribution >= 0.6 is 15.9 Å². The molecular weight excluding hydrogens is 388 g/mol. The number of phenolic OH excluding ortho intramolecular Hbond substituents is 2. The maximum atomic E-state index is 12.8. The Kier molecular flexibility index (Phi) is 6.49. The van der Waals surface area contributed by atoms with E-state index in [9.17, 15) is 17.6 Å². The summed E-state index contributed by atoms with van der Waals surface area (Å²) < 4.78 is 59.2. The number of halogens is 5. The van der Waals surface area contributed by atoms with Gasteiger partial charge in [-0.05, 0) is 15.9 Å². The van der Waals surface area contributed by atoms with Gasteiger partial charge in [0.05, 0.1) is 18.7 Å². The van der Waals surface area contributed by atoms with E-state index in [4.69, 9.17) is 10.2 Å². The van der Waals surface area contributed by atoms with Crippen LogP contribution in [0.4, 0.5) is 17.6 Å². The lowest BCUT2D eigenvalue weighted by atomic mass is 10.3. The highest BCUT2D eigenvalue weighted by Crippen LogP contribution is 2.34. The second-order valence-electron chi connectivity index (χ2n) is 3.98. The molecule has 9 heteroatoms. The second-order valence-corrected chi connectivity index (χ2v) is 4.78. The van der Waals surface area contributed by atoms with Crippen LogP contribution in [0.1, 0.15) is 0 Å². The molecule has 0 aliphatic rings. The molecule has 0 aliphatic heterocycles. The normalized spacial score (nSPS) is 9.87. The lowest BCUT2D eigenvalue weighted by Gasteiger charge is -2.05. The van der Waals surface area contributed by atoms with Crippen molar-refractivity contribution in [2.45, 2.75) is 0 Å². The Bertz CT molecular complexity index is 710. The summed E-state index contributed by atoms with van der Waals surface area (Å²) in [5, 5.41) is 17.8. The quantitative estimate of drug-likeness (QED) is 0.590. The molecule has 0 bridgehead atoms. The summed E-state index contributed by atoms with van der Waals surface area (Å²) >= 11 is 2.67. The summed E-state index contributed by atoms with van der Waals surface area (Å²) in [5.41, 5.74) is 0. The van der Waals surface area contributed by atoms with E-state index in [0.717, 1.165) is 12.1 Å². The van der Waals surface area contributed by atoms with Gasteiger partial charge in [-0.1, -0.05) is 0 Å². The number of ether oxygens (including phenoxy) is 2. The number of hydrogen-bond donors (Lipinski definition) is 2. The number of methoxy groups -OCH3 is 2. The van der Waals surface area contributed by atoms with E-state index in [1.165, 1.54) is 14.2 Å². The van der Waals surface area contributed by atoms with Crippen molar-refractivity contribution >= 4 is 15.9 Å². The van der Waals surface area contributed by atoms with Gasteiger partial charge in [0, 0.05) is 18.2 Å². The van der Waals surface area contributed by atoms with Crippen molar-refractivity contribution in [3.05, 3.63) is 45.9 Å². The van der Waals surface area contributed by atoms with Crippen LogP contribution < -0.4 is 9.47 Å². The maximum Gasteiger partial charge on any atom is 0.202 e. The molecule has 0 amide bonds. The van der Waals surface area contributed by atoms with Gasteiger partial charge in [-0.15, -0.1) is 0 Å². The van der Waals surface area contributed by atoms with Crippen molar-refractivity contribution in [1.29, 1.82) is 0 Å². The maximum absolute atomic E-state index is 12.8. The topological polar surface area (TPSA) is 58.9 Å². The Balaban J connectivity index is 0.000000231. The van der Waals surface area contributed by atoms with Crippen LogP contribution in [0.2, 0.25) is 0 Å². The molecule has 0 aromatic heterocycles. The van der Waals surface area contributed by atoms with Crippen LogP contribution in [0.25, 0.3) is 0 Å².